The molecule has 0 aliphatic heterocycles. The van der Waals surface area contributed by atoms with Crippen LogP contribution in [0.2, 0.25) is 0 Å². The molecule has 0 heterocycles. The van der Waals surface area contributed by atoms with Crippen molar-refractivity contribution < 1.29 is 23.5 Å². The lowest BCUT2D eigenvalue weighted by molar-refractivity contribution is -0.238. The first-order valence-electron chi connectivity index (χ1n) is 11.6. The smallest absolute Gasteiger partial charge is 0.303 e. The Bertz CT molecular complexity index is 804. The van der Waals surface area contributed by atoms with E-state index in [4.69, 9.17) is 4.74 Å². The molecule has 2 unspecified atom stereocenters. The highest BCUT2D eigenvalue weighted by molar-refractivity contribution is 8.18. The monoisotopic (exact) mass is 470 g/mol. The van der Waals surface area contributed by atoms with Gasteiger partial charge >= 0.3 is 5.97 Å². The zero-order valence-corrected chi connectivity index (χ0v) is 20.9. The molecule has 4 nitrogen and oxygen atoms in total. The van der Waals surface area contributed by atoms with Crippen LogP contribution in [0, 0.1) is 28.6 Å². The number of halogens is 1. The molecule has 0 N–H and O–H groups in total. The summed E-state index contributed by atoms with van der Waals surface area (Å²) in [5.74, 6) is -0.578. The van der Waals surface area contributed by atoms with Gasteiger partial charge < -0.3 is 4.74 Å². The highest BCUT2D eigenvalue weighted by atomic mass is 32.2. The van der Waals surface area contributed by atoms with Crippen LogP contribution in [0.25, 0.3) is 0 Å². The predicted molar refractivity (Wildman–Crippen MR) is 123 cm³/mol. The van der Waals surface area contributed by atoms with Crippen LogP contribution in [0.5, 0.6) is 0 Å². The van der Waals surface area contributed by atoms with Gasteiger partial charge in [-0.1, -0.05) is 13.8 Å². The number of carbonyl (C=O) groups is 3. The third-order valence-electron chi connectivity index (χ3n) is 9.42. The highest BCUT2D eigenvalue weighted by Crippen LogP contribution is 2.74. The van der Waals surface area contributed by atoms with Crippen LogP contribution in [0.1, 0.15) is 72.6 Å². The maximum Gasteiger partial charge on any atom is 0.303 e. The zero-order valence-electron chi connectivity index (χ0n) is 19.3. The van der Waals surface area contributed by atoms with Crippen molar-refractivity contribution in [1.29, 1.82) is 0 Å². The van der Waals surface area contributed by atoms with E-state index in [0.717, 1.165) is 18.6 Å². The first kappa shape index (κ1) is 23.6. The summed E-state index contributed by atoms with van der Waals surface area (Å²) >= 11 is 3.78. The van der Waals surface area contributed by atoms with Crippen molar-refractivity contribution in [1.82, 2.24) is 0 Å². The van der Waals surface area contributed by atoms with Gasteiger partial charge in [0.15, 0.2) is 5.67 Å². The fourth-order valence-corrected chi connectivity index (χ4v) is 11.2. The Morgan fingerprint density at radius 3 is 2.48 bits per heavy atom. The van der Waals surface area contributed by atoms with Crippen molar-refractivity contribution in [3.8, 4) is 0 Å². The van der Waals surface area contributed by atoms with Crippen LogP contribution >= 0.6 is 23.5 Å². The van der Waals surface area contributed by atoms with Gasteiger partial charge in [0, 0.05) is 31.6 Å². The molecule has 4 aliphatic rings. The number of hydrogen-bond donors (Lipinski definition) is 0. The molecule has 7 heteroatoms. The molecule has 174 valence electrons. The SMILES string of the molecule is CCS[C@]1(SC)CC[C@H]2[C@@H]3CCC4C(=O)CCC(=O)[C@]4(C)C3(F)[C@@H](OC(C)=O)C[C@@]21C. The normalized spacial score (nSPS) is 49.2. The van der Waals surface area contributed by atoms with E-state index in [2.05, 4.69) is 20.1 Å². The van der Waals surface area contributed by atoms with Gasteiger partial charge in [-0.05, 0) is 62.4 Å². The van der Waals surface area contributed by atoms with Crippen LogP contribution < -0.4 is 0 Å². The van der Waals surface area contributed by atoms with Gasteiger partial charge in [-0.25, -0.2) is 4.39 Å². The van der Waals surface area contributed by atoms with Crippen LogP contribution in [0.15, 0.2) is 0 Å². The third-order valence-corrected chi connectivity index (χ3v) is 13.0. The molecule has 4 aliphatic carbocycles. The fraction of sp³-hybridized carbons (Fsp3) is 0.875. The predicted octanol–water partition coefficient (Wildman–Crippen LogP) is 5.22. The molecule has 0 aromatic heterocycles. The minimum atomic E-state index is -2.00. The maximum absolute atomic E-state index is 17.7. The first-order valence-corrected chi connectivity index (χ1v) is 13.8. The van der Waals surface area contributed by atoms with Gasteiger partial charge in [0.05, 0.1) is 9.49 Å². The fourth-order valence-electron chi connectivity index (χ4n) is 8.04. The molecule has 0 radical (unpaired) electrons. The first-order chi connectivity index (χ1) is 14.5. The van der Waals surface area contributed by atoms with E-state index in [0.29, 0.717) is 19.3 Å². The molecule has 0 aromatic rings. The quantitative estimate of drug-likeness (QED) is 0.415. The second kappa shape index (κ2) is 7.75. The molecule has 4 saturated carbocycles. The summed E-state index contributed by atoms with van der Waals surface area (Å²) in [7, 11) is 0. The number of thioether (sulfide) groups is 2. The summed E-state index contributed by atoms with van der Waals surface area (Å²) in [6.07, 6.45) is 4.88. The Kier molecular flexibility index (Phi) is 5.90. The highest BCUT2D eigenvalue weighted by Gasteiger charge is 2.77. The van der Waals surface area contributed by atoms with E-state index >= 15 is 4.39 Å². The number of esters is 1. The van der Waals surface area contributed by atoms with Crippen LogP contribution in [0.3, 0.4) is 0 Å². The minimum absolute atomic E-state index is 0.00101. The Hall–Kier alpha value is -0.560. The molecule has 4 fully saturated rings. The molecule has 0 amide bonds. The number of alkyl halides is 1. The molecular weight excluding hydrogens is 435 g/mol. The Morgan fingerprint density at radius 1 is 1.16 bits per heavy atom. The number of ketones is 2. The molecule has 4 rings (SSSR count). The largest absolute Gasteiger partial charge is 0.459 e. The van der Waals surface area contributed by atoms with E-state index in [1.54, 1.807) is 6.92 Å². The summed E-state index contributed by atoms with van der Waals surface area (Å²) in [5, 5.41) is 0. The van der Waals surface area contributed by atoms with Crippen LogP contribution in [-0.4, -0.2) is 45.4 Å². The molecule has 0 spiro atoms. The lowest BCUT2D eigenvalue weighted by Gasteiger charge is -2.64. The molecule has 31 heavy (non-hydrogen) atoms. The summed E-state index contributed by atoms with van der Waals surface area (Å²) in [5.41, 5.74) is -3.61. The molecular formula is C24H35FO4S2. The van der Waals surface area contributed by atoms with Crippen molar-refractivity contribution in [2.45, 2.75) is 88.5 Å². The topological polar surface area (TPSA) is 60.4 Å². The second-order valence-corrected chi connectivity index (χ2v) is 13.3. The Morgan fingerprint density at radius 2 is 1.87 bits per heavy atom. The van der Waals surface area contributed by atoms with Gasteiger partial charge in [0.2, 0.25) is 0 Å². The second-order valence-electron chi connectivity index (χ2n) is 10.4. The maximum atomic E-state index is 17.7. The van der Waals surface area contributed by atoms with Crippen molar-refractivity contribution in [2.24, 2.45) is 28.6 Å². The summed E-state index contributed by atoms with van der Waals surface area (Å²) in [4.78, 5) is 38.3. The average molecular weight is 471 g/mol. The number of carbonyl (C=O) groups excluding carboxylic acids is 3. The summed E-state index contributed by atoms with van der Waals surface area (Å²) < 4.78 is 23.4. The number of hydrogen-bond acceptors (Lipinski definition) is 6. The molecule has 0 bridgehead atoms. The van der Waals surface area contributed by atoms with Crippen molar-refractivity contribution in [2.75, 3.05) is 12.0 Å². The number of Topliss-reactive ketones (excluding diaryl/α,β-unsaturated/α-hetero) is 2. The van der Waals surface area contributed by atoms with Gasteiger partial charge in [-0.15, -0.1) is 23.5 Å². The van der Waals surface area contributed by atoms with Crippen molar-refractivity contribution in [3.05, 3.63) is 0 Å². The van der Waals surface area contributed by atoms with E-state index in [9.17, 15) is 14.4 Å². The summed E-state index contributed by atoms with van der Waals surface area (Å²) in [6, 6.07) is 0. The zero-order chi connectivity index (χ0) is 22.8. The molecule has 0 saturated heterocycles. The molecule has 8 atom stereocenters. The third kappa shape index (κ3) is 2.90. The molecule has 0 aromatic carbocycles. The lowest BCUT2D eigenvalue weighted by atomic mass is 9.42. The van der Waals surface area contributed by atoms with E-state index in [1.165, 1.54) is 6.92 Å². The van der Waals surface area contributed by atoms with E-state index in [1.807, 2.05) is 23.5 Å². The van der Waals surface area contributed by atoms with Gasteiger partial charge in [0.1, 0.15) is 17.7 Å². The van der Waals surface area contributed by atoms with E-state index < -0.39 is 29.1 Å². The van der Waals surface area contributed by atoms with Crippen LogP contribution in [-0.2, 0) is 19.1 Å². The van der Waals surface area contributed by atoms with Gasteiger partial charge in [-0.2, -0.15) is 0 Å². The Balaban J connectivity index is 1.87. The minimum Gasteiger partial charge on any atom is -0.459 e. The van der Waals surface area contributed by atoms with Gasteiger partial charge in [-0.3, -0.25) is 14.4 Å². The Labute approximate surface area is 193 Å². The lowest BCUT2D eigenvalue weighted by Crippen LogP contribution is -2.73. The number of rotatable bonds is 4. The van der Waals surface area contributed by atoms with Gasteiger partial charge in [0.25, 0.3) is 0 Å². The number of ether oxygens (including phenoxy) is 1. The number of fused-ring (bicyclic) bond motifs is 5. The summed E-state index contributed by atoms with van der Waals surface area (Å²) in [6.45, 7) is 7.40. The van der Waals surface area contributed by atoms with Crippen LogP contribution in [0.4, 0.5) is 4.39 Å². The van der Waals surface area contributed by atoms with Crippen molar-refractivity contribution in [3.63, 3.8) is 0 Å². The average Bonchev–Trinajstić information content (AvgIpc) is 2.99. The van der Waals surface area contributed by atoms with Crippen molar-refractivity contribution >= 4 is 41.1 Å². The standard InChI is InChI=1S/C24H35FO4S2/c1-6-31-23(30-5)12-11-15-16-7-8-17-18(27)9-10-19(28)22(17,4)24(16,25)20(29-14(2)26)13-21(15,23)3/h15-17,20H,6-13H2,1-5H3/t15-,16-,17?,20-,21-,22+,23+,24?/m0/s1. The van der Waals surface area contributed by atoms with E-state index in [-0.39, 0.29) is 45.7 Å².